The second kappa shape index (κ2) is 6.90. The van der Waals surface area contributed by atoms with Gasteiger partial charge in [-0.1, -0.05) is 22.0 Å². The molecule has 112 valence electrons. The van der Waals surface area contributed by atoms with E-state index in [0.29, 0.717) is 0 Å². The van der Waals surface area contributed by atoms with Gasteiger partial charge in [-0.05, 0) is 69.1 Å². The molecule has 3 nitrogen and oxygen atoms in total. The number of halogens is 1. The zero-order valence-corrected chi connectivity index (χ0v) is 15.2. The number of aromatic nitrogens is 2. The molecular weight excluding hydrogens is 346 g/mol. The van der Waals surface area contributed by atoms with Gasteiger partial charge in [0, 0.05) is 26.8 Å². The number of nitrogens with zero attached hydrogens (tertiary/aromatic N) is 2. The van der Waals surface area contributed by atoms with Gasteiger partial charge >= 0.3 is 0 Å². The first-order chi connectivity index (χ1) is 9.86. The van der Waals surface area contributed by atoms with Crippen LogP contribution in [0, 0.1) is 20.8 Å². The lowest BCUT2D eigenvalue weighted by atomic mass is 10.1. The molecule has 0 bridgehead atoms. The van der Waals surface area contributed by atoms with Crippen LogP contribution in [0.1, 0.15) is 29.4 Å². The van der Waals surface area contributed by atoms with Crippen molar-refractivity contribution in [2.24, 2.45) is 5.73 Å². The van der Waals surface area contributed by atoms with Crippen LogP contribution in [0.2, 0.25) is 0 Å². The summed E-state index contributed by atoms with van der Waals surface area (Å²) in [5.74, 6) is 0. The second-order valence-corrected chi connectivity index (χ2v) is 7.26. The van der Waals surface area contributed by atoms with E-state index in [1.165, 1.54) is 5.56 Å². The van der Waals surface area contributed by atoms with Gasteiger partial charge in [0.25, 0.3) is 0 Å². The zero-order valence-electron chi connectivity index (χ0n) is 12.8. The molecule has 0 aliphatic carbocycles. The number of hydrogen-bond acceptors (Lipinski definition) is 4. The maximum absolute atomic E-state index is 5.94. The third-order valence-electron chi connectivity index (χ3n) is 3.38. The summed E-state index contributed by atoms with van der Waals surface area (Å²) in [5, 5.41) is 0.791. The highest BCUT2D eigenvalue weighted by Crippen LogP contribution is 2.32. The van der Waals surface area contributed by atoms with Crippen LogP contribution >= 0.6 is 27.7 Å². The predicted octanol–water partition coefficient (Wildman–Crippen LogP) is 4.21. The maximum atomic E-state index is 5.94. The summed E-state index contributed by atoms with van der Waals surface area (Å²) in [5.41, 5.74) is 10.4. The Morgan fingerprint density at radius 3 is 2.38 bits per heavy atom. The number of aryl methyl sites for hydroxylation is 2. The number of nitrogens with two attached hydrogens (primary N) is 1. The van der Waals surface area contributed by atoms with Crippen molar-refractivity contribution in [3.63, 3.8) is 0 Å². The molecular formula is C16H20BrN3S. The number of benzene rings is 1. The highest BCUT2D eigenvalue weighted by molar-refractivity contribution is 9.10. The van der Waals surface area contributed by atoms with Crippen molar-refractivity contribution in [3.8, 4) is 0 Å². The van der Waals surface area contributed by atoms with Gasteiger partial charge in [0.05, 0.1) is 0 Å². The van der Waals surface area contributed by atoms with Crippen molar-refractivity contribution in [2.75, 3.05) is 0 Å². The molecule has 1 atom stereocenters. The molecule has 21 heavy (non-hydrogen) atoms. The molecule has 2 N–H and O–H groups in total. The number of rotatable bonds is 4. The van der Waals surface area contributed by atoms with Crippen LogP contribution in [0.5, 0.6) is 0 Å². The molecule has 2 rings (SSSR count). The molecule has 0 spiro atoms. The van der Waals surface area contributed by atoms with Gasteiger partial charge in [0.2, 0.25) is 0 Å². The smallest absolute Gasteiger partial charge is 0.192 e. The van der Waals surface area contributed by atoms with E-state index in [0.717, 1.165) is 37.9 Å². The van der Waals surface area contributed by atoms with Crippen LogP contribution < -0.4 is 5.73 Å². The van der Waals surface area contributed by atoms with E-state index in [1.54, 1.807) is 11.8 Å². The molecule has 2 aromatic rings. The third-order valence-corrected chi connectivity index (χ3v) is 4.84. The van der Waals surface area contributed by atoms with E-state index in [4.69, 9.17) is 5.73 Å². The Balaban J connectivity index is 2.36. The molecule has 1 unspecified atom stereocenters. The van der Waals surface area contributed by atoms with Gasteiger partial charge in [-0.15, -0.1) is 0 Å². The molecule has 0 amide bonds. The minimum atomic E-state index is 0.132. The average molecular weight is 366 g/mol. The first kappa shape index (κ1) is 16.5. The summed E-state index contributed by atoms with van der Waals surface area (Å²) in [4.78, 5) is 10.3. The minimum Gasteiger partial charge on any atom is -0.328 e. The Hall–Kier alpha value is -0.910. The van der Waals surface area contributed by atoms with Gasteiger partial charge in [0.15, 0.2) is 5.16 Å². The largest absolute Gasteiger partial charge is 0.328 e. The van der Waals surface area contributed by atoms with Gasteiger partial charge in [0.1, 0.15) is 0 Å². The lowest BCUT2D eigenvalue weighted by molar-refractivity contribution is 0.729. The molecule has 1 aromatic heterocycles. The Bertz CT molecular complexity index is 633. The minimum absolute atomic E-state index is 0.132. The third kappa shape index (κ3) is 4.28. The molecule has 0 fully saturated rings. The maximum Gasteiger partial charge on any atom is 0.192 e. The SMILES string of the molecule is Cc1nc(Sc2cc(Br)ccc2CC(C)N)nc(C)c1C. The van der Waals surface area contributed by atoms with Crippen LogP contribution in [0.3, 0.4) is 0 Å². The van der Waals surface area contributed by atoms with Crippen LogP contribution in [0.4, 0.5) is 0 Å². The first-order valence-electron chi connectivity index (χ1n) is 6.90. The Morgan fingerprint density at radius 1 is 1.19 bits per heavy atom. The summed E-state index contributed by atoms with van der Waals surface area (Å²) < 4.78 is 1.05. The lowest BCUT2D eigenvalue weighted by Crippen LogP contribution is -2.18. The van der Waals surface area contributed by atoms with Crippen molar-refractivity contribution in [3.05, 3.63) is 45.2 Å². The van der Waals surface area contributed by atoms with Gasteiger partial charge < -0.3 is 5.73 Å². The number of hydrogen-bond donors (Lipinski definition) is 1. The fraction of sp³-hybridized carbons (Fsp3) is 0.375. The van der Waals surface area contributed by atoms with E-state index in [1.807, 2.05) is 26.8 Å². The van der Waals surface area contributed by atoms with Crippen molar-refractivity contribution in [1.29, 1.82) is 0 Å². The normalized spacial score (nSPS) is 12.5. The average Bonchev–Trinajstić information content (AvgIpc) is 2.38. The summed E-state index contributed by atoms with van der Waals surface area (Å²) in [6, 6.07) is 6.40. The van der Waals surface area contributed by atoms with Gasteiger partial charge in [-0.25, -0.2) is 9.97 Å². The molecule has 0 radical (unpaired) electrons. The molecule has 1 aromatic carbocycles. The molecule has 0 aliphatic rings. The summed E-state index contributed by atoms with van der Waals surface area (Å²) >= 11 is 5.13. The topological polar surface area (TPSA) is 51.8 Å². The van der Waals surface area contributed by atoms with Crippen molar-refractivity contribution in [1.82, 2.24) is 9.97 Å². The van der Waals surface area contributed by atoms with Crippen molar-refractivity contribution < 1.29 is 0 Å². The van der Waals surface area contributed by atoms with Gasteiger partial charge in [-0.2, -0.15) is 0 Å². The predicted molar refractivity (Wildman–Crippen MR) is 91.9 cm³/mol. The molecule has 0 saturated heterocycles. The summed E-state index contributed by atoms with van der Waals surface area (Å²) in [6.07, 6.45) is 0.847. The van der Waals surface area contributed by atoms with Crippen LogP contribution in [-0.2, 0) is 6.42 Å². The summed E-state index contributed by atoms with van der Waals surface area (Å²) in [7, 11) is 0. The van der Waals surface area contributed by atoms with E-state index >= 15 is 0 Å². The second-order valence-electron chi connectivity index (χ2n) is 5.34. The summed E-state index contributed by atoms with van der Waals surface area (Å²) in [6.45, 7) is 8.13. The van der Waals surface area contributed by atoms with Crippen molar-refractivity contribution >= 4 is 27.7 Å². The van der Waals surface area contributed by atoms with Crippen molar-refractivity contribution in [2.45, 2.75) is 50.2 Å². The van der Waals surface area contributed by atoms with Gasteiger partial charge in [-0.3, -0.25) is 0 Å². The standard InChI is InChI=1S/C16H20BrN3S/c1-9(18)7-13-5-6-14(17)8-15(13)21-16-19-11(3)10(2)12(4)20-16/h5-6,8-9H,7,18H2,1-4H3. The lowest BCUT2D eigenvalue weighted by Gasteiger charge is -2.12. The highest BCUT2D eigenvalue weighted by atomic mass is 79.9. The fourth-order valence-corrected chi connectivity index (χ4v) is 3.57. The van der Waals surface area contributed by atoms with E-state index < -0.39 is 0 Å². The van der Waals surface area contributed by atoms with E-state index in [-0.39, 0.29) is 6.04 Å². The Labute approximate surface area is 138 Å². The zero-order chi connectivity index (χ0) is 15.6. The quantitative estimate of drug-likeness (QED) is 0.824. The molecule has 1 heterocycles. The van der Waals surface area contributed by atoms with Crippen LogP contribution in [0.15, 0.2) is 32.7 Å². The molecule has 0 saturated carbocycles. The first-order valence-corrected chi connectivity index (χ1v) is 8.51. The van der Waals surface area contributed by atoms with Crippen LogP contribution in [-0.4, -0.2) is 16.0 Å². The van der Waals surface area contributed by atoms with Crippen LogP contribution in [0.25, 0.3) is 0 Å². The highest BCUT2D eigenvalue weighted by Gasteiger charge is 2.11. The molecule has 5 heteroatoms. The Morgan fingerprint density at radius 2 is 1.81 bits per heavy atom. The fourth-order valence-electron chi connectivity index (χ4n) is 2.02. The molecule has 0 aliphatic heterocycles. The van der Waals surface area contributed by atoms with E-state index in [9.17, 15) is 0 Å². The van der Waals surface area contributed by atoms with E-state index in [2.05, 4.69) is 45.0 Å². The monoisotopic (exact) mass is 365 g/mol. The Kier molecular flexibility index (Phi) is 5.41.